The van der Waals surface area contributed by atoms with Crippen molar-refractivity contribution in [1.82, 2.24) is 0 Å². The van der Waals surface area contributed by atoms with E-state index in [-0.39, 0.29) is 19.1 Å². The Bertz CT molecular complexity index is 697. The first-order valence-corrected chi connectivity index (χ1v) is 7.29. The van der Waals surface area contributed by atoms with Crippen LogP contribution in [0, 0.1) is 6.92 Å². The van der Waals surface area contributed by atoms with Gasteiger partial charge >= 0.3 is 5.97 Å². The van der Waals surface area contributed by atoms with E-state index in [9.17, 15) is 9.59 Å². The number of aryl methyl sites for hydroxylation is 1. The van der Waals surface area contributed by atoms with Gasteiger partial charge in [0.1, 0.15) is 19.0 Å². The van der Waals surface area contributed by atoms with Gasteiger partial charge < -0.3 is 14.8 Å². The minimum atomic E-state index is -0.454. The summed E-state index contributed by atoms with van der Waals surface area (Å²) in [6.45, 7) is 3.82. The zero-order valence-electron chi connectivity index (χ0n) is 13.2. The number of carbonyl (C=O) groups is 2. The van der Waals surface area contributed by atoms with Gasteiger partial charge in [0.05, 0.1) is 5.56 Å². The second-order valence-electron chi connectivity index (χ2n) is 5.06. The van der Waals surface area contributed by atoms with Crippen molar-refractivity contribution in [3.8, 4) is 5.75 Å². The quantitative estimate of drug-likeness (QED) is 0.657. The number of hydrogen-bond donors (Lipinski definition) is 1. The summed E-state index contributed by atoms with van der Waals surface area (Å²) < 4.78 is 10.7. The van der Waals surface area contributed by atoms with Gasteiger partial charge in [-0.25, -0.2) is 4.79 Å². The van der Waals surface area contributed by atoms with E-state index in [4.69, 9.17) is 9.47 Å². The highest BCUT2D eigenvalue weighted by Crippen LogP contribution is 2.13. The molecule has 0 saturated heterocycles. The van der Waals surface area contributed by atoms with Crippen LogP contribution in [0.3, 0.4) is 0 Å². The van der Waals surface area contributed by atoms with E-state index in [0.29, 0.717) is 11.3 Å². The molecule has 0 aliphatic rings. The Morgan fingerprint density at radius 1 is 1.04 bits per heavy atom. The molecule has 5 heteroatoms. The molecule has 0 bridgehead atoms. The highest BCUT2D eigenvalue weighted by molar-refractivity contribution is 5.93. The first kappa shape index (κ1) is 16.5. The Morgan fingerprint density at radius 3 is 2.57 bits per heavy atom. The molecule has 2 aromatic carbocycles. The summed E-state index contributed by atoms with van der Waals surface area (Å²) in [5.74, 6) is 0.0980. The van der Waals surface area contributed by atoms with E-state index in [2.05, 4.69) is 5.32 Å². The van der Waals surface area contributed by atoms with Crippen molar-refractivity contribution in [1.29, 1.82) is 0 Å². The van der Waals surface area contributed by atoms with Crippen molar-refractivity contribution in [2.45, 2.75) is 13.8 Å². The Morgan fingerprint density at radius 2 is 1.83 bits per heavy atom. The lowest BCUT2D eigenvalue weighted by Gasteiger charge is -2.09. The third-order valence-corrected chi connectivity index (χ3v) is 2.99. The van der Waals surface area contributed by atoms with Crippen LogP contribution in [0.1, 0.15) is 22.8 Å². The molecule has 0 aliphatic carbocycles. The third kappa shape index (κ3) is 5.47. The van der Waals surface area contributed by atoms with Gasteiger partial charge in [-0.15, -0.1) is 0 Å². The van der Waals surface area contributed by atoms with Crippen molar-refractivity contribution >= 4 is 17.6 Å². The molecule has 120 valence electrons. The molecule has 23 heavy (non-hydrogen) atoms. The van der Waals surface area contributed by atoms with Gasteiger partial charge in [0.15, 0.2) is 0 Å². The number of hydrogen-bond acceptors (Lipinski definition) is 4. The summed E-state index contributed by atoms with van der Waals surface area (Å²) in [5.41, 5.74) is 2.05. The first-order valence-electron chi connectivity index (χ1n) is 7.29. The molecule has 0 unspecified atom stereocenters. The number of ether oxygens (including phenoxy) is 2. The van der Waals surface area contributed by atoms with Gasteiger partial charge in [-0.2, -0.15) is 0 Å². The minimum absolute atomic E-state index is 0.150. The molecule has 0 atom stereocenters. The summed E-state index contributed by atoms with van der Waals surface area (Å²) >= 11 is 0. The SMILES string of the molecule is CC(=O)Nc1cccc(C(=O)OCCOc2cccc(C)c2)c1. The fourth-order valence-electron chi connectivity index (χ4n) is 2.01. The average molecular weight is 313 g/mol. The average Bonchev–Trinajstić information content (AvgIpc) is 2.51. The lowest BCUT2D eigenvalue weighted by Crippen LogP contribution is -2.13. The lowest BCUT2D eigenvalue weighted by atomic mass is 10.2. The molecular weight excluding hydrogens is 294 g/mol. The third-order valence-electron chi connectivity index (χ3n) is 2.99. The molecule has 0 fully saturated rings. The molecule has 0 saturated carbocycles. The van der Waals surface area contributed by atoms with Crippen LogP contribution in [0.2, 0.25) is 0 Å². The van der Waals surface area contributed by atoms with Crippen LogP contribution in [0.4, 0.5) is 5.69 Å². The van der Waals surface area contributed by atoms with E-state index in [1.54, 1.807) is 24.3 Å². The van der Waals surface area contributed by atoms with E-state index < -0.39 is 5.97 Å². The highest BCUT2D eigenvalue weighted by atomic mass is 16.6. The van der Waals surface area contributed by atoms with Crippen molar-refractivity contribution < 1.29 is 19.1 Å². The van der Waals surface area contributed by atoms with Crippen LogP contribution in [-0.4, -0.2) is 25.1 Å². The van der Waals surface area contributed by atoms with Crippen molar-refractivity contribution in [3.63, 3.8) is 0 Å². The topological polar surface area (TPSA) is 64.6 Å². The van der Waals surface area contributed by atoms with Crippen LogP contribution in [-0.2, 0) is 9.53 Å². The number of carbonyl (C=O) groups excluding carboxylic acids is 2. The summed E-state index contributed by atoms with van der Waals surface area (Å²) in [6.07, 6.45) is 0. The Labute approximate surface area is 135 Å². The molecule has 2 aromatic rings. The molecule has 1 amide bonds. The fourth-order valence-corrected chi connectivity index (χ4v) is 2.01. The van der Waals surface area contributed by atoms with Crippen molar-refractivity contribution in [2.75, 3.05) is 18.5 Å². The minimum Gasteiger partial charge on any atom is -0.490 e. The van der Waals surface area contributed by atoms with Crippen molar-refractivity contribution in [2.24, 2.45) is 0 Å². The molecule has 1 N–H and O–H groups in total. The van der Waals surface area contributed by atoms with Crippen LogP contribution in [0.25, 0.3) is 0 Å². The normalized spacial score (nSPS) is 10.0. The smallest absolute Gasteiger partial charge is 0.338 e. The summed E-state index contributed by atoms with van der Waals surface area (Å²) in [6, 6.07) is 14.3. The first-order chi connectivity index (χ1) is 11.0. The maximum atomic E-state index is 12.0. The van der Waals surface area contributed by atoms with Crippen LogP contribution < -0.4 is 10.1 Å². The molecule has 0 spiro atoms. The molecular formula is C18H19NO4. The van der Waals surface area contributed by atoms with E-state index in [0.717, 1.165) is 11.3 Å². The predicted molar refractivity (Wildman–Crippen MR) is 87.7 cm³/mol. The Hall–Kier alpha value is -2.82. The van der Waals surface area contributed by atoms with E-state index >= 15 is 0 Å². The number of benzene rings is 2. The molecule has 0 heterocycles. The molecule has 0 radical (unpaired) electrons. The molecule has 5 nitrogen and oxygen atoms in total. The molecule has 0 aromatic heterocycles. The monoisotopic (exact) mass is 313 g/mol. The predicted octanol–water partition coefficient (Wildman–Crippen LogP) is 3.19. The van der Waals surface area contributed by atoms with E-state index in [1.165, 1.54) is 6.92 Å². The van der Waals surface area contributed by atoms with Gasteiger partial charge in [-0.3, -0.25) is 4.79 Å². The zero-order chi connectivity index (χ0) is 16.7. The maximum absolute atomic E-state index is 12.0. The second-order valence-corrected chi connectivity index (χ2v) is 5.06. The molecule has 0 aliphatic heterocycles. The highest BCUT2D eigenvalue weighted by Gasteiger charge is 2.08. The number of nitrogens with one attached hydrogen (secondary N) is 1. The number of esters is 1. The van der Waals surface area contributed by atoms with Crippen LogP contribution in [0.15, 0.2) is 48.5 Å². The van der Waals surface area contributed by atoms with E-state index in [1.807, 2.05) is 31.2 Å². The maximum Gasteiger partial charge on any atom is 0.338 e. The Kier molecular flexibility index (Phi) is 5.74. The zero-order valence-corrected chi connectivity index (χ0v) is 13.2. The number of rotatable bonds is 6. The number of anilines is 1. The summed E-state index contributed by atoms with van der Waals surface area (Å²) in [5, 5.41) is 2.62. The number of amides is 1. The summed E-state index contributed by atoms with van der Waals surface area (Å²) in [7, 11) is 0. The van der Waals surface area contributed by atoms with Gasteiger partial charge in [-0.1, -0.05) is 18.2 Å². The second kappa shape index (κ2) is 7.98. The molecule has 2 rings (SSSR count). The fraction of sp³-hybridized carbons (Fsp3) is 0.222. The van der Waals surface area contributed by atoms with Crippen molar-refractivity contribution in [3.05, 3.63) is 59.7 Å². The van der Waals surface area contributed by atoms with Gasteiger partial charge in [0, 0.05) is 12.6 Å². The van der Waals surface area contributed by atoms with Crippen LogP contribution >= 0.6 is 0 Å². The Balaban J connectivity index is 1.81. The largest absolute Gasteiger partial charge is 0.490 e. The summed E-state index contributed by atoms with van der Waals surface area (Å²) in [4.78, 5) is 23.0. The van der Waals surface area contributed by atoms with Gasteiger partial charge in [-0.05, 0) is 42.8 Å². The standard InChI is InChI=1S/C18H19NO4/c1-13-5-3-8-17(11-13)22-9-10-23-18(21)15-6-4-7-16(12-15)19-14(2)20/h3-8,11-12H,9-10H2,1-2H3,(H,19,20). The van der Waals surface area contributed by atoms with Gasteiger partial charge in [0.2, 0.25) is 5.91 Å². The van der Waals surface area contributed by atoms with Crippen LogP contribution in [0.5, 0.6) is 5.75 Å². The lowest BCUT2D eigenvalue weighted by molar-refractivity contribution is -0.114. The van der Waals surface area contributed by atoms with Gasteiger partial charge in [0.25, 0.3) is 0 Å².